The number of ether oxygens (including phenoxy) is 1. The number of hydrogen-bond donors (Lipinski definition) is 0. The average molecular weight is 310 g/mol. The van der Waals surface area contributed by atoms with Crippen LogP contribution in [0.3, 0.4) is 0 Å². The van der Waals surface area contributed by atoms with Gasteiger partial charge in [-0.1, -0.05) is 13.0 Å². The van der Waals surface area contributed by atoms with Crippen LogP contribution in [0.1, 0.15) is 23.7 Å². The number of nitro benzene ring substituents is 1. The summed E-state index contributed by atoms with van der Waals surface area (Å²) in [5, 5.41) is 15.4. The molecule has 0 bridgehead atoms. The maximum atomic E-state index is 11.2. The lowest BCUT2D eigenvalue weighted by atomic mass is 10.1. The van der Waals surface area contributed by atoms with Gasteiger partial charge in [-0.2, -0.15) is 5.10 Å². The molecule has 0 saturated heterocycles. The summed E-state index contributed by atoms with van der Waals surface area (Å²) >= 11 is 5.90. The molecule has 1 aromatic heterocycles. The predicted octanol–water partition coefficient (Wildman–Crippen LogP) is 3.73. The van der Waals surface area contributed by atoms with E-state index < -0.39 is 4.92 Å². The van der Waals surface area contributed by atoms with Crippen molar-refractivity contribution in [3.05, 3.63) is 45.1 Å². The number of aryl methyl sites for hydroxylation is 3. The highest BCUT2D eigenvalue weighted by Crippen LogP contribution is 2.35. The van der Waals surface area contributed by atoms with Gasteiger partial charge in [0.15, 0.2) is 0 Å². The molecule has 1 heterocycles. The van der Waals surface area contributed by atoms with Gasteiger partial charge >= 0.3 is 5.69 Å². The van der Waals surface area contributed by atoms with Crippen LogP contribution in [0.15, 0.2) is 18.2 Å². The van der Waals surface area contributed by atoms with Crippen molar-refractivity contribution >= 4 is 17.3 Å². The lowest BCUT2D eigenvalue weighted by Gasteiger charge is -2.09. The van der Waals surface area contributed by atoms with Crippen LogP contribution < -0.4 is 4.74 Å². The molecule has 21 heavy (non-hydrogen) atoms. The first kappa shape index (κ1) is 15.3. The summed E-state index contributed by atoms with van der Waals surface area (Å²) in [5.41, 5.74) is 2.30. The molecule has 112 valence electrons. The topological polar surface area (TPSA) is 70.2 Å². The molecule has 0 unspecified atom stereocenters. The van der Waals surface area contributed by atoms with E-state index in [-0.39, 0.29) is 17.3 Å². The van der Waals surface area contributed by atoms with E-state index >= 15 is 0 Å². The summed E-state index contributed by atoms with van der Waals surface area (Å²) in [6, 6.07) is 4.95. The molecule has 1 aromatic carbocycles. The average Bonchev–Trinajstić information content (AvgIpc) is 2.72. The van der Waals surface area contributed by atoms with Crippen molar-refractivity contribution in [2.75, 3.05) is 0 Å². The van der Waals surface area contributed by atoms with E-state index in [1.165, 1.54) is 10.7 Å². The van der Waals surface area contributed by atoms with Gasteiger partial charge in [0.1, 0.15) is 0 Å². The van der Waals surface area contributed by atoms with Gasteiger partial charge < -0.3 is 4.74 Å². The second-order valence-electron chi connectivity index (χ2n) is 4.64. The third kappa shape index (κ3) is 3.00. The Kier molecular flexibility index (Phi) is 4.47. The summed E-state index contributed by atoms with van der Waals surface area (Å²) in [6.07, 6.45) is 0.721. The van der Waals surface area contributed by atoms with Crippen LogP contribution in [0.2, 0.25) is 0 Å². The van der Waals surface area contributed by atoms with Gasteiger partial charge in [0, 0.05) is 13.1 Å². The third-order valence-corrected chi connectivity index (χ3v) is 3.52. The van der Waals surface area contributed by atoms with E-state index in [0.29, 0.717) is 5.88 Å². The number of hydrogen-bond acceptors (Lipinski definition) is 4. The van der Waals surface area contributed by atoms with E-state index in [1.54, 1.807) is 13.1 Å². The quantitative estimate of drug-likeness (QED) is 0.479. The standard InChI is InChI=1S/C14H16ClN3O3/c1-4-10-5-6-13(12(7-10)18(19)20)21-14-11(8-15)9(2)16-17(14)3/h5-7H,4,8H2,1-3H3. The molecule has 0 aliphatic carbocycles. The van der Waals surface area contributed by atoms with Crippen molar-refractivity contribution in [1.82, 2.24) is 9.78 Å². The van der Waals surface area contributed by atoms with Crippen LogP contribution >= 0.6 is 11.6 Å². The molecule has 0 atom stereocenters. The number of alkyl halides is 1. The lowest BCUT2D eigenvalue weighted by molar-refractivity contribution is -0.385. The minimum Gasteiger partial charge on any atom is -0.432 e. The number of halogens is 1. The molecule has 0 fully saturated rings. The van der Waals surface area contributed by atoms with E-state index in [0.717, 1.165) is 23.2 Å². The smallest absolute Gasteiger partial charge is 0.311 e. The van der Waals surface area contributed by atoms with Gasteiger partial charge in [-0.15, -0.1) is 11.6 Å². The summed E-state index contributed by atoms with van der Waals surface area (Å²) in [5.74, 6) is 0.844. The summed E-state index contributed by atoms with van der Waals surface area (Å²) in [4.78, 5) is 10.8. The zero-order valence-electron chi connectivity index (χ0n) is 12.1. The maximum Gasteiger partial charge on any atom is 0.311 e. The highest BCUT2D eigenvalue weighted by molar-refractivity contribution is 6.17. The molecule has 0 aliphatic heterocycles. The molecule has 0 saturated carbocycles. The van der Waals surface area contributed by atoms with E-state index in [4.69, 9.17) is 16.3 Å². The maximum absolute atomic E-state index is 11.2. The number of rotatable bonds is 5. The molecule has 0 N–H and O–H groups in total. The fraction of sp³-hybridized carbons (Fsp3) is 0.357. The lowest BCUT2D eigenvalue weighted by Crippen LogP contribution is -2.00. The molecule has 0 aliphatic rings. The van der Waals surface area contributed by atoms with Gasteiger partial charge in [-0.3, -0.25) is 10.1 Å². The molecule has 0 radical (unpaired) electrons. The van der Waals surface area contributed by atoms with Crippen molar-refractivity contribution < 1.29 is 9.66 Å². The Labute approximate surface area is 127 Å². The summed E-state index contributed by atoms with van der Waals surface area (Å²) < 4.78 is 7.25. The monoisotopic (exact) mass is 309 g/mol. The Hall–Kier alpha value is -2.08. The minimum atomic E-state index is -0.446. The van der Waals surface area contributed by atoms with Gasteiger partial charge in [0.05, 0.1) is 22.1 Å². The molecular formula is C14H16ClN3O3. The van der Waals surface area contributed by atoms with Crippen LogP contribution in [0.5, 0.6) is 11.6 Å². The van der Waals surface area contributed by atoms with Crippen molar-refractivity contribution in [1.29, 1.82) is 0 Å². The SMILES string of the molecule is CCc1ccc(Oc2c(CCl)c(C)nn2C)c([N+](=O)[O-])c1. The Morgan fingerprint density at radius 2 is 2.19 bits per heavy atom. The van der Waals surface area contributed by atoms with Gasteiger partial charge in [0.25, 0.3) is 0 Å². The first-order valence-electron chi connectivity index (χ1n) is 6.51. The molecular weight excluding hydrogens is 294 g/mol. The highest BCUT2D eigenvalue weighted by Gasteiger charge is 2.21. The van der Waals surface area contributed by atoms with Crippen molar-refractivity contribution in [2.45, 2.75) is 26.1 Å². The molecule has 0 amide bonds. The second-order valence-corrected chi connectivity index (χ2v) is 4.91. The molecule has 7 heteroatoms. The van der Waals surface area contributed by atoms with Crippen molar-refractivity contribution in [3.63, 3.8) is 0 Å². The first-order chi connectivity index (χ1) is 9.97. The zero-order chi connectivity index (χ0) is 15.6. The van der Waals surface area contributed by atoms with Crippen LogP contribution in [-0.2, 0) is 19.3 Å². The highest BCUT2D eigenvalue weighted by atomic mass is 35.5. The predicted molar refractivity (Wildman–Crippen MR) is 80.1 cm³/mol. The van der Waals surface area contributed by atoms with Crippen LogP contribution in [0, 0.1) is 17.0 Å². The van der Waals surface area contributed by atoms with Crippen molar-refractivity contribution in [2.24, 2.45) is 7.05 Å². The molecule has 2 rings (SSSR count). The second kappa shape index (κ2) is 6.13. The Morgan fingerprint density at radius 1 is 1.48 bits per heavy atom. The zero-order valence-corrected chi connectivity index (χ0v) is 12.8. The Balaban J connectivity index is 2.47. The number of nitro groups is 1. The van der Waals surface area contributed by atoms with Crippen LogP contribution in [-0.4, -0.2) is 14.7 Å². The van der Waals surface area contributed by atoms with Crippen LogP contribution in [0.4, 0.5) is 5.69 Å². The summed E-state index contributed by atoms with van der Waals surface area (Å²) in [7, 11) is 1.71. The number of benzene rings is 1. The third-order valence-electron chi connectivity index (χ3n) is 3.26. The van der Waals surface area contributed by atoms with Gasteiger partial charge in [-0.05, 0) is 25.0 Å². The number of nitrogens with zero attached hydrogens (tertiary/aromatic N) is 3. The fourth-order valence-electron chi connectivity index (χ4n) is 2.08. The van der Waals surface area contributed by atoms with Gasteiger partial charge in [-0.25, -0.2) is 4.68 Å². The molecule has 0 spiro atoms. The first-order valence-corrected chi connectivity index (χ1v) is 7.05. The minimum absolute atomic E-state index is 0.0614. The Bertz CT molecular complexity index is 682. The van der Waals surface area contributed by atoms with E-state index in [1.807, 2.05) is 19.9 Å². The van der Waals surface area contributed by atoms with E-state index in [9.17, 15) is 10.1 Å². The molecule has 6 nitrogen and oxygen atoms in total. The summed E-state index contributed by atoms with van der Waals surface area (Å²) in [6.45, 7) is 3.76. The fourth-order valence-corrected chi connectivity index (χ4v) is 2.39. The molecule has 2 aromatic rings. The Morgan fingerprint density at radius 3 is 2.76 bits per heavy atom. The van der Waals surface area contributed by atoms with E-state index in [2.05, 4.69) is 5.10 Å². The normalized spacial score (nSPS) is 10.7. The largest absolute Gasteiger partial charge is 0.432 e. The van der Waals surface area contributed by atoms with Gasteiger partial charge in [0.2, 0.25) is 11.6 Å². The van der Waals surface area contributed by atoms with Crippen molar-refractivity contribution in [3.8, 4) is 11.6 Å². The number of aromatic nitrogens is 2. The van der Waals surface area contributed by atoms with Crippen LogP contribution in [0.25, 0.3) is 0 Å².